The summed E-state index contributed by atoms with van der Waals surface area (Å²) in [6, 6.07) is 2.05. The zero-order chi connectivity index (χ0) is 22.4. The average Bonchev–Trinajstić information content (AvgIpc) is 2.66. The molecule has 1 atom stereocenters. The molecule has 0 aromatic heterocycles. The van der Waals surface area contributed by atoms with Gasteiger partial charge < -0.3 is 30.7 Å². The normalized spacial score (nSPS) is 15.1. The van der Waals surface area contributed by atoms with Crippen LogP contribution in [0.15, 0.2) is 18.2 Å². The van der Waals surface area contributed by atoms with Crippen LogP contribution in [0.1, 0.15) is 13.8 Å². The maximum absolute atomic E-state index is 12.9. The van der Waals surface area contributed by atoms with E-state index >= 15 is 0 Å². The lowest BCUT2D eigenvalue weighted by Crippen LogP contribution is -2.52. The van der Waals surface area contributed by atoms with E-state index in [2.05, 4.69) is 15.4 Å². The number of nitrogens with zero attached hydrogens (tertiary/aromatic N) is 1. The minimum Gasteiger partial charge on any atom is -0.433 e. The summed E-state index contributed by atoms with van der Waals surface area (Å²) in [5.41, 5.74) is 5.24. The third-order valence-electron chi connectivity index (χ3n) is 4.08. The number of nitrogens with two attached hydrogens (primary N) is 1. The minimum atomic E-state index is -3.19. The van der Waals surface area contributed by atoms with Crippen molar-refractivity contribution in [1.29, 1.82) is 0 Å². The van der Waals surface area contributed by atoms with E-state index < -0.39 is 42.2 Å². The van der Waals surface area contributed by atoms with Gasteiger partial charge in [-0.3, -0.25) is 19.2 Å². The highest BCUT2D eigenvalue weighted by Gasteiger charge is 2.28. The number of anilines is 2. The lowest BCUT2D eigenvalue weighted by atomic mass is 10.1. The summed E-state index contributed by atoms with van der Waals surface area (Å²) >= 11 is 0. The summed E-state index contributed by atoms with van der Waals surface area (Å²) in [5, 5.41) is 4.52. The van der Waals surface area contributed by atoms with E-state index in [0.29, 0.717) is 0 Å². The predicted molar refractivity (Wildman–Crippen MR) is 101 cm³/mol. The van der Waals surface area contributed by atoms with Gasteiger partial charge in [0, 0.05) is 24.2 Å². The van der Waals surface area contributed by atoms with Crippen molar-refractivity contribution in [2.45, 2.75) is 26.5 Å². The second-order valence-electron chi connectivity index (χ2n) is 6.65. The summed E-state index contributed by atoms with van der Waals surface area (Å²) in [4.78, 5) is 49.0. The Labute approximate surface area is 170 Å². The number of primary amides is 1. The molecule has 0 saturated carbocycles. The van der Waals surface area contributed by atoms with Gasteiger partial charge in [-0.25, -0.2) is 0 Å². The zero-order valence-corrected chi connectivity index (χ0v) is 16.3. The fourth-order valence-corrected chi connectivity index (χ4v) is 2.57. The number of halogens is 2. The van der Waals surface area contributed by atoms with Gasteiger partial charge in [0.15, 0.2) is 11.8 Å². The monoisotopic (exact) mass is 428 g/mol. The second-order valence-corrected chi connectivity index (χ2v) is 6.65. The van der Waals surface area contributed by atoms with Crippen molar-refractivity contribution in [3.05, 3.63) is 18.2 Å². The van der Waals surface area contributed by atoms with E-state index in [9.17, 15) is 28.0 Å². The number of amides is 4. The average molecular weight is 428 g/mol. The molecule has 0 unspecified atom stereocenters. The minimum absolute atomic E-state index is 0.00912. The molecule has 2 rings (SSSR count). The Bertz CT molecular complexity index is 833. The number of hydrogen-bond donors (Lipinski definition) is 3. The van der Waals surface area contributed by atoms with Gasteiger partial charge in [-0.2, -0.15) is 8.78 Å². The molecule has 1 aromatic carbocycles. The van der Waals surface area contributed by atoms with E-state index in [0.717, 1.165) is 6.07 Å². The third-order valence-corrected chi connectivity index (χ3v) is 4.08. The molecule has 30 heavy (non-hydrogen) atoms. The van der Waals surface area contributed by atoms with Crippen LogP contribution in [0.2, 0.25) is 0 Å². The summed E-state index contributed by atoms with van der Waals surface area (Å²) < 4.78 is 35.2. The lowest BCUT2D eigenvalue weighted by Gasteiger charge is -2.28. The Morgan fingerprint density at radius 3 is 2.50 bits per heavy atom. The molecule has 4 N–H and O–H groups in total. The van der Waals surface area contributed by atoms with Crippen LogP contribution in [-0.2, 0) is 23.9 Å². The quantitative estimate of drug-likeness (QED) is 0.506. The van der Waals surface area contributed by atoms with Gasteiger partial charge in [0.1, 0.15) is 6.61 Å². The molecule has 0 bridgehead atoms. The van der Waals surface area contributed by atoms with Crippen LogP contribution in [0, 0.1) is 5.92 Å². The van der Waals surface area contributed by atoms with Gasteiger partial charge in [-0.05, 0) is 12.1 Å². The highest BCUT2D eigenvalue weighted by atomic mass is 19.3. The van der Waals surface area contributed by atoms with Crippen molar-refractivity contribution in [3.8, 4) is 5.75 Å². The van der Waals surface area contributed by atoms with Crippen LogP contribution >= 0.6 is 0 Å². The van der Waals surface area contributed by atoms with Crippen LogP contribution < -0.4 is 26.0 Å². The smallest absolute Gasteiger partial charge is 0.387 e. The standard InChI is InChI=1S/C18H22F2N4O6/c1-9(2)16(27)23-14(15(21)26)17(28)22-10-3-4-11(12(7-10)30-18(19)20)24-5-6-29-8-13(24)25/h3-4,7,9,14,18H,5-6,8H2,1-2H3,(H2,21,26)(H,22,28)(H,23,27)/t14-/m0/s1. The molecule has 4 amide bonds. The molecule has 0 aliphatic carbocycles. The summed E-state index contributed by atoms with van der Waals surface area (Å²) in [7, 11) is 0. The Balaban J connectivity index is 2.26. The van der Waals surface area contributed by atoms with Crippen LogP contribution in [0.25, 0.3) is 0 Å². The number of ether oxygens (including phenoxy) is 2. The number of hydrogen-bond acceptors (Lipinski definition) is 6. The molecule has 1 aliphatic heterocycles. The largest absolute Gasteiger partial charge is 0.433 e. The van der Waals surface area contributed by atoms with Crippen molar-refractivity contribution >= 4 is 35.0 Å². The number of alkyl halides is 2. The Kier molecular flexibility index (Phi) is 7.64. The number of carbonyl (C=O) groups is 4. The molecule has 164 valence electrons. The van der Waals surface area contributed by atoms with Crippen LogP contribution in [0.5, 0.6) is 5.75 Å². The zero-order valence-electron chi connectivity index (χ0n) is 16.3. The second kappa shape index (κ2) is 9.96. The topological polar surface area (TPSA) is 140 Å². The molecule has 1 aliphatic rings. The Morgan fingerprint density at radius 1 is 1.23 bits per heavy atom. The van der Waals surface area contributed by atoms with Gasteiger partial charge in [-0.1, -0.05) is 13.8 Å². The maximum atomic E-state index is 12.9. The molecule has 1 heterocycles. The van der Waals surface area contributed by atoms with Crippen molar-refractivity contribution in [2.24, 2.45) is 11.7 Å². The first-order chi connectivity index (χ1) is 14.1. The fraction of sp³-hybridized carbons (Fsp3) is 0.444. The molecule has 1 saturated heterocycles. The Hall–Kier alpha value is -3.28. The molecule has 12 heteroatoms. The fourth-order valence-electron chi connectivity index (χ4n) is 2.57. The lowest BCUT2D eigenvalue weighted by molar-refractivity contribution is -0.134. The molecule has 1 fully saturated rings. The molecule has 10 nitrogen and oxygen atoms in total. The number of rotatable bonds is 8. The predicted octanol–water partition coefficient (Wildman–Crippen LogP) is 0.216. The van der Waals surface area contributed by atoms with E-state index in [1.165, 1.54) is 17.0 Å². The maximum Gasteiger partial charge on any atom is 0.387 e. The van der Waals surface area contributed by atoms with Crippen LogP contribution in [0.4, 0.5) is 20.2 Å². The summed E-state index contributed by atoms with van der Waals surface area (Å²) in [5.74, 6) is -3.94. The first-order valence-electron chi connectivity index (χ1n) is 8.97. The van der Waals surface area contributed by atoms with E-state index in [1.807, 2.05) is 0 Å². The van der Waals surface area contributed by atoms with Gasteiger partial charge in [-0.15, -0.1) is 0 Å². The SMILES string of the molecule is CC(C)C(=O)N[C@@H](C(N)=O)C(=O)Nc1ccc(N2CCOCC2=O)c(OC(F)F)c1. The summed E-state index contributed by atoms with van der Waals surface area (Å²) in [6.07, 6.45) is 0. The van der Waals surface area contributed by atoms with E-state index in [1.54, 1.807) is 13.8 Å². The molecular formula is C18H22F2N4O6. The van der Waals surface area contributed by atoms with E-state index in [4.69, 9.17) is 10.5 Å². The molecule has 1 aromatic rings. The first kappa shape index (κ1) is 23.0. The van der Waals surface area contributed by atoms with Crippen molar-refractivity contribution < 1.29 is 37.4 Å². The molecule has 0 spiro atoms. The van der Waals surface area contributed by atoms with Gasteiger partial charge in [0.25, 0.3) is 11.8 Å². The number of morpholine rings is 1. The Morgan fingerprint density at radius 2 is 1.93 bits per heavy atom. The highest BCUT2D eigenvalue weighted by molar-refractivity contribution is 6.11. The van der Waals surface area contributed by atoms with Crippen molar-refractivity contribution in [1.82, 2.24) is 5.32 Å². The number of carbonyl (C=O) groups excluding carboxylic acids is 4. The summed E-state index contributed by atoms with van der Waals surface area (Å²) in [6.45, 7) is 0.0798. The first-order valence-corrected chi connectivity index (χ1v) is 8.97. The highest BCUT2D eigenvalue weighted by Crippen LogP contribution is 2.33. The van der Waals surface area contributed by atoms with E-state index in [-0.39, 0.29) is 36.9 Å². The van der Waals surface area contributed by atoms with Gasteiger partial charge in [0.2, 0.25) is 11.8 Å². The van der Waals surface area contributed by atoms with Gasteiger partial charge in [0.05, 0.1) is 12.3 Å². The number of benzene rings is 1. The van der Waals surface area contributed by atoms with Gasteiger partial charge >= 0.3 is 6.61 Å². The number of nitrogens with one attached hydrogen (secondary N) is 2. The van der Waals surface area contributed by atoms with Crippen LogP contribution in [0.3, 0.4) is 0 Å². The van der Waals surface area contributed by atoms with Crippen LogP contribution in [-0.4, -0.2) is 56.0 Å². The van der Waals surface area contributed by atoms with Crippen molar-refractivity contribution in [2.75, 3.05) is 30.0 Å². The molecular weight excluding hydrogens is 406 g/mol. The van der Waals surface area contributed by atoms with Crippen molar-refractivity contribution in [3.63, 3.8) is 0 Å². The third kappa shape index (κ3) is 5.86. The molecule has 0 radical (unpaired) electrons.